The van der Waals surface area contributed by atoms with Crippen molar-refractivity contribution in [3.63, 3.8) is 0 Å². The second kappa shape index (κ2) is 3.38. The van der Waals surface area contributed by atoms with E-state index in [0.717, 1.165) is 11.4 Å². The summed E-state index contributed by atoms with van der Waals surface area (Å²) in [6.07, 6.45) is 1.61. The van der Waals surface area contributed by atoms with Gasteiger partial charge >= 0.3 is 0 Å². The van der Waals surface area contributed by atoms with Gasteiger partial charge in [0, 0.05) is 18.0 Å². The zero-order chi connectivity index (χ0) is 10.1. The largest absolute Gasteiger partial charge is 0.226 e. The van der Waals surface area contributed by atoms with Gasteiger partial charge in [-0.2, -0.15) is 10.1 Å². The van der Waals surface area contributed by atoms with E-state index in [2.05, 4.69) is 15.1 Å². The lowest BCUT2D eigenvalue weighted by atomic mass is 10.4. The molecule has 4 nitrogen and oxygen atoms in total. The molecule has 2 aromatic heterocycles. The maximum atomic E-state index is 5.69. The molecular weight excluding hydrogens is 200 g/mol. The molecule has 0 aromatic carbocycles. The van der Waals surface area contributed by atoms with E-state index in [9.17, 15) is 0 Å². The van der Waals surface area contributed by atoms with Gasteiger partial charge < -0.3 is 0 Å². The molecule has 2 aromatic rings. The maximum Gasteiger partial charge on any atom is 0.224 e. The predicted molar refractivity (Wildman–Crippen MR) is 53.6 cm³/mol. The molecule has 14 heavy (non-hydrogen) atoms. The third-order valence-electron chi connectivity index (χ3n) is 1.84. The monoisotopic (exact) mass is 208 g/mol. The summed E-state index contributed by atoms with van der Waals surface area (Å²) in [6.45, 7) is 3.91. The number of hydrogen-bond donors (Lipinski definition) is 0. The summed E-state index contributed by atoms with van der Waals surface area (Å²) in [5, 5.41) is 4.52. The molecule has 2 rings (SSSR count). The third kappa shape index (κ3) is 1.61. The Labute approximate surface area is 86.6 Å². The Morgan fingerprint density at radius 3 is 2.71 bits per heavy atom. The minimum Gasteiger partial charge on any atom is -0.226 e. The van der Waals surface area contributed by atoms with Crippen LogP contribution in [0.3, 0.4) is 0 Å². The van der Waals surface area contributed by atoms with Gasteiger partial charge in [-0.15, -0.1) is 0 Å². The van der Waals surface area contributed by atoms with Gasteiger partial charge in [0.1, 0.15) is 0 Å². The van der Waals surface area contributed by atoms with E-state index in [0.29, 0.717) is 5.82 Å². The molecule has 0 fully saturated rings. The Morgan fingerprint density at radius 2 is 2.14 bits per heavy atom. The molecule has 0 aliphatic rings. The minimum absolute atomic E-state index is 0.232. The number of aromatic nitrogens is 4. The minimum atomic E-state index is 0.232. The van der Waals surface area contributed by atoms with Crippen LogP contribution in [0.15, 0.2) is 18.3 Å². The highest BCUT2D eigenvalue weighted by molar-refractivity contribution is 6.28. The SMILES string of the molecule is Cc1cc(C)n(-c2ccnc(Cl)n2)n1. The van der Waals surface area contributed by atoms with Crippen molar-refractivity contribution in [3.05, 3.63) is 35.0 Å². The van der Waals surface area contributed by atoms with Crippen LogP contribution in [0.1, 0.15) is 11.4 Å². The first-order valence-corrected chi connectivity index (χ1v) is 4.57. The molecule has 0 atom stereocenters. The van der Waals surface area contributed by atoms with Crippen LogP contribution in [-0.4, -0.2) is 19.7 Å². The van der Waals surface area contributed by atoms with E-state index in [1.807, 2.05) is 19.9 Å². The van der Waals surface area contributed by atoms with Crippen molar-refractivity contribution >= 4 is 11.6 Å². The van der Waals surface area contributed by atoms with E-state index >= 15 is 0 Å². The molecule has 0 amide bonds. The van der Waals surface area contributed by atoms with Crippen LogP contribution in [0.4, 0.5) is 0 Å². The highest BCUT2D eigenvalue weighted by atomic mass is 35.5. The predicted octanol–water partition coefficient (Wildman–Crippen LogP) is 1.93. The van der Waals surface area contributed by atoms with Gasteiger partial charge in [0.05, 0.1) is 5.69 Å². The van der Waals surface area contributed by atoms with Crippen molar-refractivity contribution in [1.29, 1.82) is 0 Å². The van der Waals surface area contributed by atoms with Gasteiger partial charge in [-0.25, -0.2) is 9.67 Å². The van der Waals surface area contributed by atoms with Gasteiger partial charge in [0.25, 0.3) is 0 Å². The highest BCUT2D eigenvalue weighted by Gasteiger charge is 2.04. The third-order valence-corrected chi connectivity index (χ3v) is 2.02. The fraction of sp³-hybridized carbons (Fsp3) is 0.222. The number of nitrogens with zero attached hydrogens (tertiary/aromatic N) is 4. The van der Waals surface area contributed by atoms with Crippen LogP contribution >= 0.6 is 11.6 Å². The second-order valence-electron chi connectivity index (χ2n) is 3.02. The van der Waals surface area contributed by atoms with E-state index in [-0.39, 0.29) is 5.28 Å². The number of aryl methyl sites for hydroxylation is 2. The Balaban J connectivity index is 2.54. The Bertz CT molecular complexity index is 464. The van der Waals surface area contributed by atoms with Crippen LogP contribution in [-0.2, 0) is 0 Å². The van der Waals surface area contributed by atoms with Crippen LogP contribution in [0.5, 0.6) is 0 Å². The van der Waals surface area contributed by atoms with Crippen molar-refractivity contribution in [1.82, 2.24) is 19.7 Å². The van der Waals surface area contributed by atoms with E-state index in [1.165, 1.54) is 0 Å². The molecule has 72 valence electrons. The second-order valence-corrected chi connectivity index (χ2v) is 3.36. The molecule has 0 spiro atoms. The molecule has 2 heterocycles. The number of hydrogen-bond acceptors (Lipinski definition) is 3. The molecule has 0 unspecified atom stereocenters. The normalized spacial score (nSPS) is 10.5. The first-order valence-electron chi connectivity index (χ1n) is 4.19. The molecule has 0 radical (unpaired) electrons. The highest BCUT2D eigenvalue weighted by Crippen LogP contribution is 2.10. The molecule has 0 aliphatic carbocycles. The fourth-order valence-corrected chi connectivity index (χ4v) is 1.45. The quantitative estimate of drug-likeness (QED) is 0.673. The smallest absolute Gasteiger partial charge is 0.224 e. The summed E-state index contributed by atoms with van der Waals surface area (Å²) in [4.78, 5) is 7.89. The summed E-state index contributed by atoms with van der Waals surface area (Å²) in [5.74, 6) is 0.690. The van der Waals surface area contributed by atoms with Gasteiger partial charge in [0.2, 0.25) is 5.28 Å². The van der Waals surface area contributed by atoms with Gasteiger partial charge in [0.15, 0.2) is 5.82 Å². The average Bonchev–Trinajstić information content (AvgIpc) is 2.45. The van der Waals surface area contributed by atoms with Crippen LogP contribution in [0, 0.1) is 13.8 Å². The standard InChI is InChI=1S/C9H9ClN4/c1-6-5-7(2)14(13-6)8-3-4-11-9(10)12-8/h3-5H,1-2H3. The van der Waals surface area contributed by atoms with E-state index < -0.39 is 0 Å². The van der Waals surface area contributed by atoms with Crippen molar-refractivity contribution in [2.24, 2.45) is 0 Å². The van der Waals surface area contributed by atoms with Gasteiger partial charge in [-0.3, -0.25) is 0 Å². The van der Waals surface area contributed by atoms with Crippen LogP contribution in [0.25, 0.3) is 5.82 Å². The number of halogens is 1. The van der Waals surface area contributed by atoms with Crippen molar-refractivity contribution in [3.8, 4) is 5.82 Å². The summed E-state index contributed by atoms with van der Waals surface area (Å²) >= 11 is 5.69. The Kier molecular flexibility index (Phi) is 2.21. The molecule has 0 bridgehead atoms. The fourth-order valence-electron chi connectivity index (χ4n) is 1.30. The summed E-state index contributed by atoms with van der Waals surface area (Å²) in [6, 6.07) is 3.75. The molecule has 0 saturated heterocycles. The number of rotatable bonds is 1. The average molecular weight is 209 g/mol. The van der Waals surface area contributed by atoms with E-state index in [1.54, 1.807) is 16.9 Å². The lowest BCUT2D eigenvalue weighted by Gasteiger charge is -2.01. The molecule has 0 aliphatic heterocycles. The van der Waals surface area contributed by atoms with Gasteiger partial charge in [-0.05, 0) is 31.5 Å². The summed E-state index contributed by atoms with van der Waals surface area (Å²) < 4.78 is 1.74. The summed E-state index contributed by atoms with van der Waals surface area (Å²) in [7, 11) is 0. The van der Waals surface area contributed by atoms with Crippen LogP contribution < -0.4 is 0 Å². The lowest BCUT2D eigenvalue weighted by molar-refractivity contribution is 0.801. The van der Waals surface area contributed by atoms with Crippen molar-refractivity contribution in [2.75, 3.05) is 0 Å². The zero-order valence-electron chi connectivity index (χ0n) is 7.90. The zero-order valence-corrected chi connectivity index (χ0v) is 8.65. The summed E-state index contributed by atoms with van der Waals surface area (Å²) in [5.41, 5.74) is 1.98. The Morgan fingerprint density at radius 1 is 1.36 bits per heavy atom. The lowest BCUT2D eigenvalue weighted by Crippen LogP contribution is -2.02. The first-order chi connectivity index (χ1) is 6.66. The molecule has 0 saturated carbocycles. The topological polar surface area (TPSA) is 43.6 Å². The molecule has 5 heteroatoms. The van der Waals surface area contributed by atoms with E-state index in [4.69, 9.17) is 11.6 Å². The van der Waals surface area contributed by atoms with Gasteiger partial charge in [-0.1, -0.05) is 0 Å². The van der Waals surface area contributed by atoms with Crippen molar-refractivity contribution < 1.29 is 0 Å². The van der Waals surface area contributed by atoms with Crippen LogP contribution in [0.2, 0.25) is 5.28 Å². The Hall–Kier alpha value is -1.42. The van der Waals surface area contributed by atoms with Crippen molar-refractivity contribution in [2.45, 2.75) is 13.8 Å². The first kappa shape index (κ1) is 9.15. The maximum absolute atomic E-state index is 5.69. The molecular formula is C9H9ClN4. The molecule has 0 N–H and O–H groups in total.